The first-order valence-corrected chi connectivity index (χ1v) is 16.4. The molecule has 0 radical (unpaired) electrons. The number of hydrogen-bond acceptors (Lipinski definition) is 6. The molecule has 0 aromatic carbocycles. The fourth-order valence-electron chi connectivity index (χ4n) is 6.95. The minimum atomic E-state index is -0.503. The second-order valence-electron chi connectivity index (χ2n) is 12.7. The van der Waals surface area contributed by atoms with Crippen molar-refractivity contribution in [1.82, 2.24) is 20.5 Å². The highest BCUT2D eigenvalue weighted by Crippen LogP contribution is 2.44. The minimum Gasteiger partial charge on any atom is -0.343 e. The first-order chi connectivity index (χ1) is 18.8. The molecule has 2 heterocycles. The first-order valence-electron chi connectivity index (χ1n) is 15.5. The van der Waals surface area contributed by atoms with Crippen molar-refractivity contribution in [3.05, 3.63) is 16.1 Å². The van der Waals surface area contributed by atoms with Gasteiger partial charge in [-0.15, -0.1) is 11.3 Å². The molecule has 5 unspecified atom stereocenters. The maximum absolute atomic E-state index is 14.0. The summed E-state index contributed by atoms with van der Waals surface area (Å²) in [5.74, 6) is 0.275. The lowest BCUT2D eigenvalue weighted by atomic mass is 9.58. The smallest absolute Gasteiger partial charge is 0.246 e. The monoisotopic (exact) mass is 556 g/mol. The van der Waals surface area contributed by atoms with Crippen molar-refractivity contribution in [2.24, 2.45) is 11.8 Å². The van der Waals surface area contributed by atoms with Gasteiger partial charge in [-0.05, 0) is 58.4 Å². The highest BCUT2D eigenvalue weighted by Gasteiger charge is 2.40. The van der Waals surface area contributed by atoms with E-state index in [4.69, 9.17) is 4.98 Å². The van der Waals surface area contributed by atoms with Gasteiger partial charge in [-0.3, -0.25) is 14.4 Å². The van der Waals surface area contributed by atoms with E-state index < -0.39 is 6.04 Å². The van der Waals surface area contributed by atoms with Gasteiger partial charge in [0.05, 0.1) is 12.1 Å². The normalized spacial score (nSPS) is 28.3. The molecule has 2 amide bonds. The van der Waals surface area contributed by atoms with E-state index in [-0.39, 0.29) is 46.8 Å². The van der Waals surface area contributed by atoms with Crippen LogP contribution in [0.1, 0.15) is 125 Å². The van der Waals surface area contributed by atoms with E-state index in [1.54, 1.807) is 7.05 Å². The predicted octanol–water partition coefficient (Wildman–Crippen LogP) is 4.83. The Morgan fingerprint density at radius 3 is 2.54 bits per heavy atom. The number of carbonyl (C=O) groups is 3. The third kappa shape index (κ3) is 7.32. The lowest BCUT2D eigenvalue weighted by Gasteiger charge is -2.35. The van der Waals surface area contributed by atoms with E-state index in [1.165, 1.54) is 37.0 Å². The third-order valence-electron chi connectivity index (χ3n) is 9.90. The van der Waals surface area contributed by atoms with Crippen molar-refractivity contribution in [1.29, 1.82) is 0 Å². The van der Waals surface area contributed by atoms with Crippen LogP contribution in [0.3, 0.4) is 0 Å². The summed E-state index contributed by atoms with van der Waals surface area (Å²) in [6.45, 7) is 4.74. The van der Waals surface area contributed by atoms with E-state index in [1.807, 2.05) is 17.2 Å². The molecule has 7 nitrogen and oxygen atoms in total. The number of nitrogens with zero attached hydrogens (tertiary/aromatic N) is 2. The van der Waals surface area contributed by atoms with Crippen molar-refractivity contribution in [2.45, 2.75) is 127 Å². The van der Waals surface area contributed by atoms with E-state index in [9.17, 15) is 14.4 Å². The van der Waals surface area contributed by atoms with Crippen molar-refractivity contribution in [3.8, 4) is 0 Å². The van der Waals surface area contributed by atoms with E-state index in [0.29, 0.717) is 12.2 Å². The number of Topliss-reactive ketones (excluding diaryl/α,β-unsaturated/α-hetero) is 1. The summed E-state index contributed by atoms with van der Waals surface area (Å²) in [5.41, 5.74) is 0.582. The summed E-state index contributed by atoms with van der Waals surface area (Å²) < 4.78 is 0. The maximum Gasteiger partial charge on any atom is 0.246 e. The van der Waals surface area contributed by atoms with Gasteiger partial charge in [-0.2, -0.15) is 0 Å². The Labute approximate surface area is 240 Å². The van der Waals surface area contributed by atoms with Gasteiger partial charge >= 0.3 is 0 Å². The fourth-order valence-corrected chi connectivity index (χ4v) is 7.90. The predicted molar refractivity (Wildman–Crippen MR) is 160 cm³/mol. The molecule has 1 aromatic heterocycles. The topological polar surface area (TPSA) is 91.4 Å². The third-order valence-corrected chi connectivity index (χ3v) is 10.8. The van der Waals surface area contributed by atoms with Crippen LogP contribution in [0, 0.1) is 11.8 Å². The summed E-state index contributed by atoms with van der Waals surface area (Å²) in [6, 6.07) is -0.974. The van der Waals surface area contributed by atoms with Crippen molar-refractivity contribution >= 4 is 36.8 Å². The lowest BCUT2D eigenvalue weighted by Crippen LogP contribution is -2.55. The summed E-state index contributed by atoms with van der Waals surface area (Å²) in [5, 5.41) is 9.12. The van der Waals surface area contributed by atoms with E-state index in [2.05, 4.69) is 25.4 Å². The van der Waals surface area contributed by atoms with Crippen LogP contribution in [0.5, 0.6) is 0 Å². The highest BCUT2D eigenvalue weighted by atomic mass is 32.1. The molecule has 5 atom stereocenters. The molecule has 39 heavy (non-hydrogen) atoms. The number of carbonyl (C=O) groups excluding carboxylic acids is 3. The van der Waals surface area contributed by atoms with E-state index >= 15 is 0 Å². The summed E-state index contributed by atoms with van der Waals surface area (Å²) in [7, 11) is 4.10. The van der Waals surface area contributed by atoms with Crippen LogP contribution in [0.15, 0.2) is 5.38 Å². The van der Waals surface area contributed by atoms with Gasteiger partial charge in [0.2, 0.25) is 11.8 Å². The fraction of sp³-hybridized carbons (Fsp3) is 0.800. The largest absolute Gasteiger partial charge is 0.343 e. The summed E-state index contributed by atoms with van der Waals surface area (Å²) in [6.07, 6.45) is 14.9. The molecule has 1 saturated heterocycles. The molecule has 3 aliphatic rings. The van der Waals surface area contributed by atoms with Crippen LogP contribution >= 0.6 is 11.3 Å². The van der Waals surface area contributed by atoms with Crippen molar-refractivity contribution in [2.75, 3.05) is 13.6 Å². The maximum atomic E-state index is 14.0. The molecule has 0 spiro atoms. The Morgan fingerprint density at radius 2 is 1.82 bits per heavy atom. The number of nitrogens with one attached hydrogen (secondary N) is 2. The van der Waals surface area contributed by atoms with Gasteiger partial charge in [0.25, 0.3) is 0 Å². The SMILES string of the molecule is BC1(CC)CCCCCC(C(=O)c2csc(C3CCCN3C(=O)C(NC(=O)C(C)NC)C3CCCCC3)n2)C1. The zero-order valence-corrected chi connectivity index (χ0v) is 25.4. The molecule has 2 N–H and O–H groups in total. The van der Waals surface area contributed by atoms with Crippen molar-refractivity contribution < 1.29 is 14.4 Å². The molecule has 0 bridgehead atoms. The van der Waals surface area contributed by atoms with Crippen LogP contribution in [-0.2, 0) is 9.59 Å². The number of rotatable bonds is 9. The highest BCUT2D eigenvalue weighted by molar-refractivity contribution is 7.09. The Hall–Kier alpha value is -1.74. The number of hydrogen-bond donors (Lipinski definition) is 2. The second kappa shape index (κ2) is 13.8. The second-order valence-corrected chi connectivity index (χ2v) is 13.6. The van der Waals surface area contributed by atoms with Gasteiger partial charge < -0.3 is 15.5 Å². The van der Waals surface area contributed by atoms with Gasteiger partial charge in [0, 0.05) is 17.8 Å². The summed E-state index contributed by atoms with van der Waals surface area (Å²) >= 11 is 1.52. The summed E-state index contributed by atoms with van der Waals surface area (Å²) in [4.78, 5) is 47.4. The van der Waals surface area contributed by atoms with Crippen LogP contribution in [0.25, 0.3) is 0 Å². The zero-order chi connectivity index (χ0) is 28.0. The lowest BCUT2D eigenvalue weighted by molar-refractivity contribution is -0.139. The Kier molecular flexibility index (Phi) is 10.7. The van der Waals surface area contributed by atoms with Gasteiger partial charge in [0.15, 0.2) is 5.78 Å². The molecule has 216 valence electrons. The Morgan fingerprint density at radius 1 is 1.10 bits per heavy atom. The molecule has 4 rings (SSSR count). The molecule has 1 aliphatic heterocycles. The molecular weight excluding hydrogens is 507 g/mol. The number of likely N-dealkylation sites (N-methyl/N-ethyl adjacent to an activating group) is 1. The minimum absolute atomic E-state index is 0.0165. The molecule has 2 saturated carbocycles. The number of ketones is 1. The van der Waals surface area contributed by atoms with Crippen LogP contribution in [-0.4, -0.2) is 61.0 Å². The average molecular weight is 557 g/mol. The Bertz CT molecular complexity index is 997. The number of amides is 2. The van der Waals surface area contributed by atoms with Gasteiger partial charge in [-0.25, -0.2) is 4.98 Å². The van der Waals surface area contributed by atoms with Crippen LogP contribution in [0.4, 0.5) is 0 Å². The van der Waals surface area contributed by atoms with Crippen LogP contribution < -0.4 is 10.6 Å². The average Bonchev–Trinajstić information content (AvgIpc) is 3.63. The zero-order valence-electron chi connectivity index (χ0n) is 24.6. The quantitative estimate of drug-likeness (QED) is 0.336. The standard InChI is InChI=1S/C30H49BN4O3S/c1-4-30(31)16-10-6-9-14-22(18-30)26(36)23-19-39-28(33-23)24-15-11-17-35(24)29(38)25(21-12-7-5-8-13-21)34-27(37)20(2)32-3/h19-22,24-25,32H,4-18,31H2,1-3H3,(H,34,37). The van der Waals surface area contributed by atoms with Crippen LogP contribution in [0.2, 0.25) is 5.31 Å². The number of likely N-dealkylation sites (tertiary alicyclic amines) is 1. The first kappa shape index (κ1) is 30.2. The molecule has 1 aromatic rings. The van der Waals surface area contributed by atoms with Crippen molar-refractivity contribution in [3.63, 3.8) is 0 Å². The number of aromatic nitrogens is 1. The molecule has 3 fully saturated rings. The van der Waals surface area contributed by atoms with Gasteiger partial charge in [-0.1, -0.05) is 63.6 Å². The Balaban J connectivity index is 1.50. The van der Waals surface area contributed by atoms with Gasteiger partial charge in [0.1, 0.15) is 24.6 Å². The molecule has 2 aliphatic carbocycles. The number of thiazole rings is 1. The molecular formula is C30H49BN4O3S. The van der Waals surface area contributed by atoms with E-state index in [0.717, 1.165) is 69.2 Å². The molecule has 9 heteroatoms.